The van der Waals surface area contributed by atoms with E-state index in [9.17, 15) is 9.18 Å². The lowest BCUT2D eigenvalue weighted by Crippen LogP contribution is -2.35. The summed E-state index contributed by atoms with van der Waals surface area (Å²) < 4.78 is 19.1. The number of carbonyl (C=O) groups excluding carboxylic acids is 1. The predicted octanol–water partition coefficient (Wildman–Crippen LogP) is 3.31. The molecule has 0 radical (unpaired) electrons. The van der Waals surface area contributed by atoms with Crippen molar-refractivity contribution in [2.75, 3.05) is 19.7 Å². The molecular weight excluding hydrogens is 257 g/mol. The highest BCUT2D eigenvalue weighted by Crippen LogP contribution is 2.29. The minimum absolute atomic E-state index is 0.212. The van der Waals surface area contributed by atoms with Crippen molar-refractivity contribution in [2.45, 2.75) is 38.6 Å². The summed E-state index contributed by atoms with van der Waals surface area (Å²) in [5.74, 6) is -0.501. The predicted molar refractivity (Wildman–Crippen MR) is 75.8 cm³/mol. The number of esters is 1. The maximum atomic E-state index is 14.1. The Hall–Kier alpha value is -1.42. The van der Waals surface area contributed by atoms with Gasteiger partial charge in [0, 0.05) is 11.6 Å². The Labute approximate surface area is 119 Å². The number of likely N-dealkylation sites (tertiary alicyclic amines) is 1. The van der Waals surface area contributed by atoms with Gasteiger partial charge < -0.3 is 4.74 Å². The van der Waals surface area contributed by atoms with Crippen LogP contribution >= 0.6 is 0 Å². The van der Waals surface area contributed by atoms with E-state index in [0.717, 1.165) is 25.9 Å². The fourth-order valence-corrected chi connectivity index (χ4v) is 2.79. The van der Waals surface area contributed by atoms with Gasteiger partial charge in [-0.2, -0.15) is 0 Å². The third-order valence-corrected chi connectivity index (χ3v) is 3.76. The lowest BCUT2D eigenvalue weighted by atomic mass is 9.98. The van der Waals surface area contributed by atoms with Gasteiger partial charge in [-0.25, -0.2) is 4.39 Å². The van der Waals surface area contributed by atoms with Crippen LogP contribution in [-0.2, 0) is 9.53 Å². The van der Waals surface area contributed by atoms with Crippen LogP contribution in [0.4, 0.5) is 4.39 Å². The number of nitrogens with zero attached hydrogens (tertiary/aromatic N) is 1. The maximum absolute atomic E-state index is 14.1. The van der Waals surface area contributed by atoms with E-state index in [2.05, 4.69) is 4.90 Å². The molecule has 1 fully saturated rings. The summed E-state index contributed by atoms with van der Waals surface area (Å²) in [6.45, 7) is 3.98. The third-order valence-electron chi connectivity index (χ3n) is 3.76. The normalized spacial score (nSPS) is 17.7. The first kappa shape index (κ1) is 15.0. The van der Waals surface area contributed by atoms with Crippen LogP contribution in [0.1, 0.15) is 44.2 Å². The van der Waals surface area contributed by atoms with Gasteiger partial charge in [0.15, 0.2) is 0 Å². The highest BCUT2D eigenvalue weighted by molar-refractivity contribution is 5.70. The molecule has 1 saturated heterocycles. The maximum Gasteiger partial charge on any atom is 0.307 e. The molecule has 0 aromatic heterocycles. The molecule has 0 amide bonds. The lowest BCUT2D eigenvalue weighted by molar-refractivity contribution is -0.144. The Bertz CT molecular complexity index is 444. The van der Waals surface area contributed by atoms with Crippen LogP contribution in [0.2, 0.25) is 0 Å². The van der Waals surface area contributed by atoms with Crippen LogP contribution in [0.3, 0.4) is 0 Å². The van der Waals surface area contributed by atoms with Gasteiger partial charge in [-0.1, -0.05) is 24.6 Å². The van der Waals surface area contributed by atoms with Crippen molar-refractivity contribution in [3.05, 3.63) is 35.6 Å². The zero-order chi connectivity index (χ0) is 14.4. The molecule has 1 heterocycles. The van der Waals surface area contributed by atoms with Gasteiger partial charge >= 0.3 is 5.97 Å². The largest absolute Gasteiger partial charge is 0.466 e. The van der Waals surface area contributed by atoms with Crippen LogP contribution in [0.25, 0.3) is 0 Å². The molecule has 0 saturated carbocycles. The van der Waals surface area contributed by atoms with Crippen molar-refractivity contribution in [1.29, 1.82) is 0 Å². The van der Waals surface area contributed by atoms with E-state index >= 15 is 0 Å². The highest BCUT2D eigenvalue weighted by atomic mass is 19.1. The number of rotatable bonds is 5. The summed E-state index contributed by atoms with van der Waals surface area (Å²) in [5.41, 5.74) is 0.599. The second-order valence-electron chi connectivity index (χ2n) is 5.14. The average molecular weight is 279 g/mol. The number of benzene rings is 1. The average Bonchev–Trinajstić information content (AvgIpc) is 2.47. The van der Waals surface area contributed by atoms with Gasteiger partial charge in [0.25, 0.3) is 0 Å². The number of halogens is 1. The Morgan fingerprint density at radius 2 is 2.00 bits per heavy atom. The smallest absolute Gasteiger partial charge is 0.307 e. The van der Waals surface area contributed by atoms with Crippen molar-refractivity contribution < 1.29 is 13.9 Å². The van der Waals surface area contributed by atoms with Crippen molar-refractivity contribution in [3.8, 4) is 0 Å². The van der Waals surface area contributed by atoms with E-state index < -0.39 is 0 Å². The molecule has 1 aliphatic rings. The molecule has 3 nitrogen and oxygen atoms in total. The number of hydrogen-bond donors (Lipinski definition) is 0. The van der Waals surface area contributed by atoms with Crippen LogP contribution in [0.5, 0.6) is 0 Å². The van der Waals surface area contributed by atoms with Crippen LogP contribution < -0.4 is 0 Å². The molecule has 1 aromatic carbocycles. The minimum atomic E-state index is -0.258. The molecule has 1 atom stereocenters. The Morgan fingerprint density at radius 1 is 1.30 bits per heavy atom. The molecule has 110 valence electrons. The van der Waals surface area contributed by atoms with Gasteiger partial charge in [-0.05, 0) is 38.9 Å². The fourth-order valence-electron chi connectivity index (χ4n) is 2.79. The molecule has 0 bridgehead atoms. The molecule has 4 heteroatoms. The van der Waals surface area contributed by atoms with Gasteiger partial charge in [0.1, 0.15) is 5.82 Å². The van der Waals surface area contributed by atoms with E-state index in [4.69, 9.17) is 4.74 Å². The Balaban J connectivity index is 2.19. The lowest BCUT2D eigenvalue weighted by Gasteiger charge is -2.34. The van der Waals surface area contributed by atoms with Gasteiger partial charge in [-0.15, -0.1) is 0 Å². The van der Waals surface area contributed by atoms with Crippen molar-refractivity contribution >= 4 is 5.97 Å². The van der Waals surface area contributed by atoms with Crippen LogP contribution in [-0.4, -0.2) is 30.6 Å². The summed E-state index contributed by atoms with van der Waals surface area (Å²) in [6, 6.07) is 6.51. The minimum Gasteiger partial charge on any atom is -0.466 e. The molecule has 1 aliphatic heterocycles. The zero-order valence-electron chi connectivity index (χ0n) is 12.0. The molecule has 0 aliphatic carbocycles. The monoisotopic (exact) mass is 279 g/mol. The molecule has 0 spiro atoms. The first-order chi connectivity index (χ1) is 9.72. The molecule has 1 aromatic rings. The van der Waals surface area contributed by atoms with Crippen molar-refractivity contribution in [2.24, 2.45) is 0 Å². The zero-order valence-corrected chi connectivity index (χ0v) is 12.0. The number of ether oxygens (including phenoxy) is 1. The van der Waals surface area contributed by atoms with Crippen molar-refractivity contribution in [1.82, 2.24) is 4.90 Å². The van der Waals surface area contributed by atoms with Gasteiger partial charge in [0.2, 0.25) is 0 Å². The summed E-state index contributed by atoms with van der Waals surface area (Å²) in [5, 5.41) is 0. The number of carbonyl (C=O) groups is 1. The summed E-state index contributed by atoms with van der Waals surface area (Å²) in [4.78, 5) is 14.0. The summed E-state index contributed by atoms with van der Waals surface area (Å²) in [7, 11) is 0. The standard InChI is InChI=1S/C16H22FNO2/c1-2-20-16(19)12-15(18-10-6-3-7-11-18)13-8-4-5-9-14(13)17/h4-5,8-9,15H,2-3,6-7,10-12H2,1H3. The van der Waals surface area contributed by atoms with E-state index in [0.29, 0.717) is 12.2 Å². The Kier molecular flexibility index (Phi) is 5.53. The second-order valence-corrected chi connectivity index (χ2v) is 5.14. The van der Waals surface area contributed by atoms with E-state index in [1.54, 1.807) is 19.1 Å². The summed E-state index contributed by atoms with van der Waals surface area (Å²) in [6.07, 6.45) is 3.64. The van der Waals surface area contributed by atoms with Crippen molar-refractivity contribution in [3.63, 3.8) is 0 Å². The summed E-state index contributed by atoms with van der Waals surface area (Å²) >= 11 is 0. The third kappa shape index (κ3) is 3.79. The molecule has 20 heavy (non-hydrogen) atoms. The fraction of sp³-hybridized carbons (Fsp3) is 0.562. The quantitative estimate of drug-likeness (QED) is 0.774. The van der Waals surface area contributed by atoms with Crippen LogP contribution in [0.15, 0.2) is 24.3 Å². The molecule has 1 unspecified atom stereocenters. The molecule has 2 rings (SSSR count). The molecule has 0 N–H and O–H groups in total. The Morgan fingerprint density at radius 3 is 2.65 bits per heavy atom. The van der Waals surface area contributed by atoms with E-state index in [1.165, 1.54) is 12.5 Å². The first-order valence-corrected chi connectivity index (χ1v) is 7.36. The van der Waals surface area contributed by atoms with E-state index in [-0.39, 0.29) is 24.2 Å². The number of hydrogen-bond acceptors (Lipinski definition) is 3. The SMILES string of the molecule is CCOC(=O)CC(c1ccccc1F)N1CCCCC1. The topological polar surface area (TPSA) is 29.5 Å². The van der Waals surface area contributed by atoms with Crippen LogP contribution in [0, 0.1) is 5.82 Å². The van der Waals surface area contributed by atoms with E-state index in [1.807, 2.05) is 6.07 Å². The number of piperidine rings is 1. The van der Waals surface area contributed by atoms with Gasteiger partial charge in [0.05, 0.1) is 13.0 Å². The van der Waals surface area contributed by atoms with Gasteiger partial charge in [-0.3, -0.25) is 9.69 Å². The highest BCUT2D eigenvalue weighted by Gasteiger charge is 2.27. The second kappa shape index (κ2) is 7.39. The molecular formula is C16H22FNO2. The first-order valence-electron chi connectivity index (χ1n) is 7.36.